The zero-order valence-corrected chi connectivity index (χ0v) is 7.08. The largest absolute Gasteiger partial charge is 0.497 e. The van der Waals surface area contributed by atoms with E-state index in [9.17, 15) is 0 Å². The smallest absolute Gasteiger partial charge is 0.162 e. The molecule has 66 valence electrons. The van der Waals surface area contributed by atoms with Gasteiger partial charge in [-0.2, -0.15) is 0 Å². The van der Waals surface area contributed by atoms with Crippen LogP contribution in [-0.4, -0.2) is 27.3 Å². The van der Waals surface area contributed by atoms with E-state index in [2.05, 4.69) is 15.4 Å². The summed E-state index contributed by atoms with van der Waals surface area (Å²) in [6.07, 6.45) is 1.39. The van der Waals surface area contributed by atoms with E-state index in [1.807, 2.05) is 24.3 Å². The van der Waals surface area contributed by atoms with Crippen molar-refractivity contribution in [2.24, 2.45) is 0 Å². The van der Waals surface area contributed by atoms with Crippen molar-refractivity contribution in [3.63, 3.8) is 0 Å². The Morgan fingerprint density at radius 2 is 2.00 bits per heavy atom. The monoisotopic (exact) mass is 176 g/mol. The van der Waals surface area contributed by atoms with E-state index < -0.39 is 0 Å². The number of benzene rings is 1. The fourth-order valence-electron chi connectivity index (χ4n) is 1.00. The maximum atomic E-state index is 5.02. The summed E-state index contributed by atoms with van der Waals surface area (Å²) in [6.45, 7) is 0. The van der Waals surface area contributed by atoms with Gasteiger partial charge in [0.15, 0.2) is 6.33 Å². The van der Waals surface area contributed by atoms with Crippen LogP contribution in [0, 0.1) is 0 Å². The lowest BCUT2D eigenvalue weighted by molar-refractivity contribution is 0.414. The standard InChI is InChI=1S/C8H8N4O/c1-13-8-4-2-7(3-5-8)12-10-6-9-11-12/h2-6H,1H3. The molecule has 0 fully saturated rings. The molecule has 0 aliphatic heterocycles. The first-order valence-corrected chi connectivity index (χ1v) is 3.77. The summed E-state index contributed by atoms with van der Waals surface area (Å²) in [5, 5.41) is 11.3. The van der Waals surface area contributed by atoms with Crippen LogP contribution in [0.2, 0.25) is 0 Å². The van der Waals surface area contributed by atoms with Gasteiger partial charge in [-0.3, -0.25) is 0 Å². The first kappa shape index (κ1) is 7.72. The van der Waals surface area contributed by atoms with Gasteiger partial charge in [-0.25, -0.2) is 0 Å². The second-order valence-corrected chi connectivity index (χ2v) is 2.42. The number of aromatic nitrogens is 4. The topological polar surface area (TPSA) is 52.8 Å². The molecular weight excluding hydrogens is 168 g/mol. The first-order valence-electron chi connectivity index (χ1n) is 3.77. The van der Waals surface area contributed by atoms with Crippen molar-refractivity contribution >= 4 is 0 Å². The Bertz CT molecular complexity index is 368. The minimum absolute atomic E-state index is 0.809. The molecule has 1 heterocycles. The maximum Gasteiger partial charge on any atom is 0.162 e. The molecule has 0 radical (unpaired) electrons. The van der Waals surface area contributed by atoms with Crippen molar-refractivity contribution in [2.75, 3.05) is 7.11 Å². The number of methoxy groups -OCH3 is 1. The summed E-state index contributed by atoms with van der Waals surface area (Å²) in [6, 6.07) is 7.42. The Balaban J connectivity index is 2.33. The Hall–Kier alpha value is -1.91. The van der Waals surface area contributed by atoms with Gasteiger partial charge in [0, 0.05) is 0 Å². The van der Waals surface area contributed by atoms with Crippen LogP contribution in [0.5, 0.6) is 5.75 Å². The highest BCUT2D eigenvalue weighted by molar-refractivity contribution is 5.35. The van der Waals surface area contributed by atoms with E-state index in [1.54, 1.807) is 7.11 Å². The molecule has 13 heavy (non-hydrogen) atoms. The fourth-order valence-corrected chi connectivity index (χ4v) is 1.00. The lowest BCUT2D eigenvalue weighted by Gasteiger charge is -2.00. The second-order valence-electron chi connectivity index (χ2n) is 2.42. The third-order valence-electron chi connectivity index (χ3n) is 1.65. The predicted molar refractivity (Wildman–Crippen MR) is 45.7 cm³/mol. The minimum Gasteiger partial charge on any atom is -0.497 e. The zero-order valence-electron chi connectivity index (χ0n) is 7.08. The zero-order chi connectivity index (χ0) is 9.10. The van der Waals surface area contributed by atoms with Crippen LogP contribution < -0.4 is 4.74 Å². The van der Waals surface area contributed by atoms with E-state index >= 15 is 0 Å². The molecule has 0 unspecified atom stereocenters. The molecular formula is C8H8N4O. The van der Waals surface area contributed by atoms with Crippen molar-refractivity contribution in [1.29, 1.82) is 0 Å². The van der Waals surface area contributed by atoms with Crippen LogP contribution in [0.1, 0.15) is 0 Å². The molecule has 0 saturated heterocycles. The molecule has 0 saturated carbocycles. The average Bonchev–Trinajstić information content (AvgIpc) is 2.71. The fraction of sp³-hybridized carbons (Fsp3) is 0.125. The molecule has 2 rings (SSSR count). The molecule has 5 nitrogen and oxygen atoms in total. The van der Waals surface area contributed by atoms with Crippen molar-refractivity contribution in [3.8, 4) is 11.4 Å². The van der Waals surface area contributed by atoms with Gasteiger partial charge in [-0.05, 0) is 29.5 Å². The van der Waals surface area contributed by atoms with Crippen LogP contribution >= 0.6 is 0 Å². The number of hydrogen-bond donors (Lipinski definition) is 0. The molecule has 1 aromatic carbocycles. The molecule has 0 aliphatic rings. The molecule has 0 aliphatic carbocycles. The summed E-state index contributed by atoms with van der Waals surface area (Å²) < 4.78 is 5.02. The third-order valence-corrected chi connectivity index (χ3v) is 1.65. The van der Waals surface area contributed by atoms with Crippen LogP contribution in [-0.2, 0) is 0 Å². The predicted octanol–water partition coefficient (Wildman–Crippen LogP) is 0.671. The van der Waals surface area contributed by atoms with Gasteiger partial charge in [0.1, 0.15) is 5.75 Å². The number of nitrogens with zero attached hydrogens (tertiary/aromatic N) is 4. The van der Waals surface area contributed by atoms with Crippen LogP contribution in [0.4, 0.5) is 0 Å². The molecule has 1 aromatic heterocycles. The summed E-state index contributed by atoms with van der Waals surface area (Å²) in [5.74, 6) is 0.809. The third kappa shape index (κ3) is 1.48. The highest BCUT2D eigenvalue weighted by Gasteiger charge is 1.97. The van der Waals surface area contributed by atoms with E-state index in [0.29, 0.717) is 0 Å². The maximum absolute atomic E-state index is 5.02. The number of tetrazole rings is 1. The number of hydrogen-bond acceptors (Lipinski definition) is 4. The Kier molecular flexibility index (Phi) is 1.91. The molecule has 0 bridgehead atoms. The highest BCUT2D eigenvalue weighted by Crippen LogP contribution is 2.12. The van der Waals surface area contributed by atoms with Crippen LogP contribution in [0.3, 0.4) is 0 Å². The quantitative estimate of drug-likeness (QED) is 0.674. The molecule has 0 spiro atoms. The van der Waals surface area contributed by atoms with E-state index in [4.69, 9.17) is 4.74 Å². The Labute approximate surface area is 75.0 Å². The summed E-state index contributed by atoms with van der Waals surface area (Å²) in [7, 11) is 1.63. The van der Waals surface area contributed by atoms with Crippen LogP contribution in [0.15, 0.2) is 30.6 Å². The lowest BCUT2D eigenvalue weighted by Crippen LogP contribution is -1.98. The van der Waals surface area contributed by atoms with Crippen LogP contribution in [0.25, 0.3) is 5.69 Å². The average molecular weight is 176 g/mol. The molecule has 0 amide bonds. The van der Waals surface area contributed by atoms with Gasteiger partial charge in [0.2, 0.25) is 0 Å². The van der Waals surface area contributed by atoms with Crippen molar-refractivity contribution in [2.45, 2.75) is 0 Å². The summed E-state index contributed by atoms with van der Waals surface area (Å²) in [5.41, 5.74) is 0.860. The Morgan fingerprint density at radius 1 is 1.23 bits per heavy atom. The molecule has 5 heteroatoms. The number of ether oxygens (including phenoxy) is 1. The highest BCUT2D eigenvalue weighted by atomic mass is 16.5. The van der Waals surface area contributed by atoms with Gasteiger partial charge in [0.05, 0.1) is 12.8 Å². The minimum atomic E-state index is 0.809. The number of rotatable bonds is 2. The summed E-state index contributed by atoms with van der Waals surface area (Å²) >= 11 is 0. The van der Waals surface area contributed by atoms with Gasteiger partial charge in [-0.15, -0.1) is 15.0 Å². The SMILES string of the molecule is COc1ccc(-n2ncnn2)cc1. The molecule has 0 N–H and O–H groups in total. The van der Waals surface area contributed by atoms with E-state index in [1.165, 1.54) is 11.1 Å². The second kappa shape index (κ2) is 3.22. The van der Waals surface area contributed by atoms with E-state index in [0.717, 1.165) is 11.4 Å². The van der Waals surface area contributed by atoms with Crippen molar-refractivity contribution in [1.82, 2.24) is 20.2 Å². The van der Waals surface area contributed by atoms with Crippen molar-refractivity contribution < 1.29 is 4.74 Å². The Morgan fingerprint density at radius 3 is 2.54 bits per heavy atom. The van der Waals surface area contributed by atoms with Gasteiger partial charge in [0.25, 0.3) is 0 Å². The first-order chi connectivity index (χ1) is 6.40. The van der Waals surface area contributed by atoms with Gasteiger partial charge < -0.3 is 4.74 Å². The lowest BCUT2D eigenvalue weighted by atomic mass is 10.3. The van der Waals surface area contributed by atoms with Crippen molar-refractivity contribution in [3.05, 3.63) is 30.6 Å². The van der Waals surface area contributed by atoms with E-state index in [-0.39, 0.29) is 0 Å². The molecule has 0 atom stereocenters. The summed E-state index contributed by atoms with van der Waals surface area (Å²) in [4.78, 5) is 1.44. The normalized spacial score (nSPS) is 9.92. The van der Waals surface area contributed by atoms with Gasteiger partial charge >= 0.3 is 0 Å². The molecule has 2 aromatic rings. The van der Waals surface area contributed by atoms with Gasteiger partial charge in [-0.1, -0.05) is 0 Å².